The van der Waals surface area contributed by atoms with Gasteiger partial charge < -0.3 is 5.73 Å². The van der Waals surface area contributed by atoms with E-state index < -0.39 is 0 Å². The molecule has 1 aromatic carbocycles. The third-order valence-electron chi connectivity index (χ3n) is 4.34. The largest absolute Gasteiger partial charge is 0.325 e. The Kier molecular flexibility index (Phi) is 4.11. The van der Waals surface area contributed by atoms with Gasteiger partial charge in [-0.25, -0.2) is 0 Å². The zero-order chi connectivity index (χ0) is 13.1. The molecule has 1 fully saturated rings. The quantitative estimate of drug-likeness (QED) is 0.840. The molecule has 0 aliphatic heterocycles. The van der Waals surface area contributed by atoms with E-state index in [9.17, 15) is 0 Å². The highest BCUT2D eigenvalue weighted by Gasteiger charge is 2.36. The van der Waals surface area contributed by atoms with Crippen molar-refractivity contribution in [3.8, 4) is 0 Å². The second-order valence-corrected chi connectivity index (χ2v) is 6.90. The average molecular weight is 245 g/mol. The molecule has 1 aliphatic rings. The van der Waals surface area contributed by atoms with E-state index in [-0.39, 0.29) is 5.54 Å². The Hall–Kier alpha value is -0.820. The van der Waals surface area contributed by atoms with Gasteiger partial charge in [-0.05, 0) is 49.5 Å². The van der Waals surface area contributed by atoms with Crippen molar-refractivity contribution in [2.24, 2.45) is 11.1 Å². The van der Waals surface area contributed by atoms with Crippen molar-refractivity contribution in [3.63, 3.8) is 0 Å². The molecular weight excluding hydrogens is 218 g/mol. The molecular formula is C17H27N. The molecule has 1 aromatic rings. The van der Waals surface area contributed by atoms with E-state index >= 15 is 0 Å². The molecule has 1 unspecified atom stereocenters. The van der Waals surface area contributed by atoms with E-state index in [1.165, 1.54) is 50.5 Å². The fraction of sp³-hybridized carbons (Fsp3) is 0.647. The molecule has 1 atom stereocenters. The van der Waals surface area contributed by atoms with Crippen molar-refractivity contribution in [2.45, 2.75) is 64.3 Å². The number of hydrogen-bond donors (Lipinski definition) is 1. The molecule has 2 N–H and O–H groups in total. The van der Waals surface area contributed by atoms with Crippen molar-refractivity contribution in [1.29, 1.82) is 0 Å². The summed E-state index contributed by atoms with van der Waals surface area (Å²) in [5, 5.41) is 0. The zero-order valence-corrected chi connectivity index (χ0v) is 11.9. The van der Waals surface area contributed by atoms with Crippen molar-refractivity contribution < 1.29 is 0 Å². The Bertz CT molecular complexity index is 368. The van der Waals surface area contributed by atoms with Gasteiger partial charge in [-0.2, -0.15) is 0 Å². The van der Waals surface area contributed by atoms with E-state index in [2.05, 4.69) is 44.2 Å². The molecule has 0 heterocycles. The molecule has 1 aliphatic carbocycles. The van der Waals surface area contributed by atoms with Gasteiger partial charge in [0.05, 0.1) is 0 Å². The van der Waals surface area contributed by atoms with Crippen molar-refractivity contribution in [3.05, 3.63) is 35.9 Å². The Morgan fingerprint density at radius 1 is 1.11 bits per heavy atom. The number of hydrogen-bond acceptors (Lipinski definition) is 1. The van der Waals surface area contributed by atoms with Crippen LogP contribution in [0.15, 0.2) is 30.3 Å². The van der Waals surface area contributed by atoms with Gasteiger partial charge in [0, 0.05) is 5.54 Å². The summed E-state index contributed by atoms with van der Waals surface area (Å²) in [5.74, 6) is 0. The summed E-state index contributed by atoms with van der Waals surface area (Å²) in [4.78, 5) is 0. The summed E-state index contributed by atoms with van der Waals surface area (Å²) in [6.07, 6.45) is 8.60. The first-order valence-electron chi connectivity index (χ1n) is 7.32. The molecule has 0 amide bonds. The van der Waals surface area contributed by atoms with Crippen LogP contribution in [0.4, 0.5) is 0 Å². The van der Waals surface area contributed by atoms with E-state index in [1.54, 1.807) is 0 Å². The van der Waals surface area contributed by atoms with E-state index in [0.717, 1.165) is 0 Å². The Labute approximate surface area is 112 Å². The van der Waals surface area contributed by atoms with Crippen LogP contribution in [0.5, 0.6) is 0 Å². The maximum absolute atomic E-state index is 6.60. The topological polar surface area (TPSA) is 26.0 Å². The van der Waals surface area contributed by atoms with Gasteiger partial charge in [-0.3, -0.25) is 0 Å². The molecule has 0 bridgehead atoms. The lowest BCUT2D eigenvalue weighted by Gasteiger charge is -2.42. The molecule has 2 rings (SSSR count). The Morgan fingerprint density at radius 3 is 2.50 bits per heavy atom. The van der Waals surface area contributed by atoms with E-state index in [0.29, 0.717) is 5.41 Å². The van der Waals surface area contributed by atoms with Crippen LogP contribution in [0.1, 0.15) is 57.9 Å². The van der Waals surface area contributed by atoms with E-state index in [1.807, 2.05) is 0 Å². The lowest BCUT2D eigenvalue weighted by molar-refractivity contribution is 0.142. The van der Waals surface area contributed by atoms with Crippen LogP contribution >= 0.6 is 0 Å². The summed E-state index contributed by atoms with van der Waals surface area (Å²) < 4.78 is 0. The van der Waals surface area contributed by atoms with E-state index in [4.69, 9.17) is 5.73 Å². The lowest BCUT2D eigenvalue weighted by Crippen LogP contribution is -2.46. The smallest absolute Gasteiger partial charge is 0.0159 e. The Morgan fingerprint density at radius 2 is 1.83 bits per heavy atom. The van der Waals surface area contributed by atoms with Gasteiger partial charge >= 0.3 is 0 Å². The Balaban J connectivity index is 1.82. The predicted molar refractivity (Wildman–Crippen MR) is 78.5 cm³/mol. The summed E-state index contributed by atoms with van der Waals surface area (Å²) in [7, 11) is 0. The SMILES string of the molecule is CC1(C)CCCC(N)(CCCc2ccccc2)C1. The minimum absolute atomic E-state index is 0.0938. The monoisotopic (exact) mass is 245 g/mol. The van der Waals surface area contributed by atoms with Gasteiger partial charge in [0.2, 0.25) is 0 Å². The zero-order valence-electron chi connectivity index (χ0n) is 11.9. The molecule has 0 spiro atoms. The van der Waals surface area contributed by atoms with Gasteiger partial charge in [0.15, 0.2) is 0 Å². The number of aryl methyl sites for hydroxylation is 1. The molecule has 1 heteroatoms. The van der Waals surface area contributed by atoms with Crippen LogP contribution in [0.25, 0.3) is 0 Å². The molecule has 1 nitrogen and oxygen atoms in total. The van der Waals surface area contributed by atoms with Gasteiger partial charge in [0.25, 0.3) is 0 Å². The summed E-state index contributed by atoms with van der Waals surface area (Å²) in [6, 6.07) is 10.8. The normalized spacial score (nSPS) is 27.1. The fourth-order valence-electron chi connectivity index (χ4n) is 3.55. The molecule has 0 saturated heterocycles. The molecule has 0 radical (unpaired) electrons. The average Bonchev–Trinajstić information content (AvgIpc) is 2.28. The summed E-state index contributed by atoms with van der Waals surface area (Å²) in [6.45, 7) is 4.73. The number of nitrogens with two attached hydrogens (primary N) is 1. The van der Waals surface area contributed by atoms with Crippen LogP contribution in [0.2, 0.25) is 0 Å². The molecule has 100 valence electrons. The summed E-state index contributed by atoms with van der Waals surface area (Å²) >= 11 is 0. The van der Waals surface area contributed by atoms with Crippen molar-refractivity contribution in [1.82, 2.24) is 0 Å². The maximum Gasteiger partial charge on any atom is 0.0159 e. The summed E-state index contributed by atoms with van der Waals surface area (Å²) in [5.41, 5.74) is 8.58. The lowest BCUT2D eigenvalue weighted by atomic mass is 9.67. The number of benzene rings is 1. The van der Waals surface area contributed by atoms with Crippen LogP contribution in [-0.2, 0) is 6.42 Å². The standard InChI is InChI=1S/C17H27N/c1-16(2)11-7-13-17(18,14-16)12-6-10-15-8-4-3-5-9-15/h3-5,8-9H,6-7,10-14,18H2,1-2H3. The highest BCUT2D eigenvalue weighted by Crippen LogP contribution is 2.41. The van der Waals surface area contributed by atoms with Gasteiger partial charge in [-0.15, -0.1) is 0 Å². The minimum Gasteiger partial charge on any atom is -0.325 e. The molecule has 1 saturated carbocycles. The first kappa shape index (κ1) is 13.6. The predicted octanol–water partition coefficient (Wildman–Crippen LogP) is 4.31. The van der Waals surface area contributed by atoms with Crippen LogP contribution in [-0.4, -0.2) is 5.54 Å². The van der Waals surface area contributed by atoms with Crippen molar-refractivity contribution >= 4 is 0 Å². The van der Waals surface area contributed by atoms with Crippen LogP contribution < -0.4 is 5.73 Å². The van der Waals surface area contributed by atoms with Crippen molar-refractivity contribution in [2.75, 3.05) is 0 Å². The number of rotatable bonds is 4. The van der Waals surface area contributed by atoms with Crippen LogP contribution in [0.3, 0.4) is 0 Å². The van der Waals surface area contributed by atoms with Gasteiger partial charge in [0.1, 0.15) is 0 Å². The van der Waals surface area contributed by atoms with Crippen LogP contribution in [0, 0.1) is 5.41 Å². The third kappa shape index (κ3) is 3.84. The molecule has 18 heavy (non-hydrogen) atoms. The highest BCUT2D eigenvalue weighted by atomic mass is 14.8. The highest BCUT2D eigenvalue weighted by molar-refractivity contribution is 5.14. The third-order valence-corrected chi connectivity index (χ3v) is 4.34. The minimum atomic E-state index is 0.0938. The fourth-order valence-corrected chi connectivity index (χ4v) is 3.55. The second kappa shape index (κ2) is 5.44. The maximum atomic E-state index is 6.60. The van der Waals surface area contributed by atoms with Gasteiger partial charge in [-0.1, -0.05) is 50.6 Å². The first-order valence-corrected chi connectivity index (χ1v) is 7.32. The first-order chi connectivity index (χ1) is 8.49. The second-order valence-electron chi connectivity index (χ2n) is 6.90. The molecule has 0 aromatic heterocycles.